The Morgan fingerprint density at radius 1 is 1.56 bits per heavy atom. The number of hydrogen-bond donors (Lipinski definition) is 0. The molecule has 0 spiro atoms. The molecule has 0 aliphatic heterocycles. The lowest BCUT2D eigenvalue weighted by Gasteiger charge is -1.96. The van der Waals surface area contributed by atoms with Crippen molar-refractivity contribution in [1.29, 1.82) is 0 Å². The van der Waals surface area contributed by atoms with E-state index < -0.39 is 15.3 Å². The standard InChI is InChI=1S/C3H7N3O2S/c1-3(2)9(7,8)6-5-4/h3H,1-2H3. The van der Waals surface area contributed by atoms with Gasteiger partial charge in [-0.15, -0.1) is 0 Å². The van der Waals surface area contributed by atoms with Crippen LogP contribution in [0.25, 0.3) is 10.4 Å². The largest absolute Gasteiger partial charge is 0.237 e. The lowest BCUT2D eigenvalue weighted by Crippen LogP contribution is -2.08. The third kappa shape index (κ3) is 2.34. The van der Waals surface area contributed by atoms with E-state index in [1.807, 2.05) is 0 Å². The van der Waals surface area contributed by atoms with Gasteiger partial charge in [0.2, 0.25) is 10.0 Å². The van der Waals surface area contributed by atoms with Gasteiger partial charge >= 0.3 is 0 Å². The molecular weight excluding hydrogens is 142 g/mol. The third-order valence-electron chi connectivity index (χ3n) is 0.746. The quantitative estimate of drug-likeness (QED) is 0.333. The van der Waals surface area contributed by atoms with Gasteiger partial charge in [-0.25, -0.2) is 8.42 Å². The van der Waals surface area contributed by atoms with Crippen molar-refractivity contribution in [1.82, 2.24) is 0 Å². The molecule has 0 aromatic rings. The average molecular weight is 149 g/mol. The molecule has 0 bridgehead atoms. The Bertz CT molecular complexity index is 223. The van der Waals surface area contributed by atoms with Crippen molar-refractivity contribution >= 4 is 10.0 Å². The zero-order valence-electron chi connectivity index (χ0n) is 5.14. The van der Waals surface area contributed by atoms with Gasteiger partial charge in [-0.2, -0.15) is 0 Å². The third-order valence-corrected chi connectivity index (χ3v) is 2.24. The van der Waals surface area contributed by atoms with Gasteiger partial charge in [0, 0.05) is 9.43 Å². The van der Waals surface area contributed by atoms with Crippen molar-refractivity contribution in [2.75, 3.05) is 0 Å². The lowest BCUT2D eigenvalue weighted by atomic mass is 10.6. The summed E-state index contributed by atoms with van der Waals surface area (Å²) >= 11 is 0. The molecule has 0 unspecified atom stereocenters. The molecule has 0 aromatic carbocycles. The molecule has 0 heterocycles. The molecule has 0 aliphatic rings. The molecule has 0 atom stereocenters. The lowest BCUT2D eigenvalue weighted by molar-refractivity contribution is 0.589. The summed E-state index contributed by atoms with van der Waals surface area (Å²) in [6, 6.07) is 0. The van der Waals surface area contributed by atoms with Crippen molar-refractivity contribution in [3.8, 4) is 0 Å². The van der Waals surface area contributed by atoms with Crippen LogP contribution in [0.4, 0.5) is 0 Å². The van der Waals surface area contributed by atoms with Crippen LogP contribution in [0, 0.1) is 0 Å². The Kier molecular flexibility index (Phi) is 2.48. The number of hydrogen-bond acceptors (Lipinski definition) is 2. The van der Waals surface area contributed by atoms with Crippen LogP contribution in [0.3, 0.4) is 0 Å². The maximum Gasteiger partial charge on any atom is 0.237 e. The Labute approximate surface area is 53.4 Å². The van der Waals surface area contributed by atoms with E-state index in [0.29, 0.717) is 0 Å². The summed E-state index contributed by atoms with van der Waals surface area (Å²) < 4.78 is 23.6. The van der Waals surface area contributed by atoms with Crippen LogP contribution in [0.15, 0.2) is 4.52 Å². The van der Waals surface area contributed by atoms with Crippen molar-refractivity contribution in [2.24, 2.45) is 4.52 Å². The molecule has 5 nitrogen and oxygen atoms in total. The second-order valence-electron chi connectivity index (χ2n) is 1.73. The fraction of sp³-hybridized carbons (Fsp3) is 1.00. The first-order valence-corrected chi connectivity index (χ1v) is 3.81. The van der Waals surface area contributed by atoms with Gasteiger partial charge in [0.1, 0.15) is 0 Å². The molecular formula is C3H7N3O2S. The van der Waals surface area contributed by atoms with Crippen molar-refractivity contribution in [2.45, 2.75) is 19.1 Å². The number of nitrogens with zero attached hydrogens (tertiary/aromatic N) is 3. The van der Waals surface area contributed by atoms with E-state index in [1.54, 1.807) is 0 Å². The van der Waals surface area contributed by atoms with Crippen LogP contribution in [-0.4, -0.2) is 13.7 Å². The summed E-state index contributed by atoms with van der Waals surface area (Å²) in [7, 11) is -3.54. The zero-order chi connectivity index (χ0) is 7.49. The first-order chi connectivity index (χ1) is 4.00. The Morgan fingerprint density at radius 2 is 2.00 bits per heavy atom. The number of azide groups is 1. The second kappa shape index (κ2) is 2.70. The smallest absolute Gasteiger partial charge is 0.221 e. The van der Waals surface area contributed by atoms with Gasteiger partial charge in [-0.3, -0.25) is 0 Å². The van der Waals surface area contributed by atoms with E-state index in [0.717, 1.165) is 0 Å². The Hall–Kier alpha value is -0.740. The first kappa shape index (κ1) is 8.26. The van der Waals surface area contributed by atoms with E-state index in [9.17, 15) is 8.42 Å². The summed E-state index contributed by atoms with van der Waals surface area (Å²) in [5.41, 5.74) is 7.73. The van der Waals surface area contributed by atoms with Gasteiger partial charge in [0.25, 0.3) is 0 Å². The summed E-state index contributed by atoms with van der Waals surface area (Å²) in [5, 5.41) is -0.631. The molecule has 0 radical (unpaired) electrons. The van der Waals surface area contributed by atoms with E-state index >= 15 is 0 Å². The summed E-state index contributed by atoms with van der Waals surface area (Å²) in [5.74, 6) is 0. The van der Waals surface area contributed by atoms with Gasteiger partial charge in [-0.05, 0) is 19.4 Å². The van der Waals surface area contributed by atoms with Crippen molar-refractivity contribution in [3.63, 3.8) is 0 Å². The monoisotopic (exact) mass is 149 g/mol. The van der Waals surface area contributed by atoms with Crippen LogP contribution in [0.2, 0.25) is 0 Å². The normalized spacial score (nSPS) is 11.0. The maximum atomic E-state index is 10.5. The highest BCUT2D eigenvalue weighted by Gasteiger charge is 2.11. The summed E-state index contributed by atoms with van der Waals surface area (Å²) in [4.78, 5) is 2.17. The van der Waals surface area contributed by atoms with Gasteiger partial charge in [-0.1, -0.05) is 0 Å². The number of rotatable bonds is 2. The van der Waals surface area contributed by atoms with E-state index in [-0.39, 0.29) is 0 Å². The van der Waals surface area contributed by atoms with E-state index in [1.165, 1.54) is 13.8 Å². The molecule has 0 fully saturated rings. The summed E-state index contributed by atoms with van der Waals surface area (Å²) in [6.07, 6.45) is 0. The highest BCUT2D eigenvalue weighted by Crippen LogP contribution is 2.00. The van der Waals surface area contributed by atoms with Crippen molar-refractivity contribution < 1.29 is 8.42 Å². The Morgan fingerprint density at radius 3 is 2.11 bits per heavy atom. The highest BCUT2D eigenvalue weighted by molar-refractivity contribution is 7.90. The molecule has 0 aliphatic carbocycles. The van der Waals surface area contributed by atoms with Crippen LogP contribution < -0.4 is 0 Å². The molecule has 52 valence electrons. The fourth-order valence-corrected chi connectivity index (χ4v) is 0.436. The summed E-state index contributed by atoms with van der Waals surface area (Å²) in [6.45, 7) is 2.90. The van der Waals surface area contributed by atoms with Gasteiger partial charge in [0.15, 0.2) is 0 Å². The van der Waals surface area contributed by atoms with Crippen LogP contribution in [0.5, 0.6) is 0 Å². The molecule has 6 heteroatoms. The molecule has 0 N–H and O–H groups in total. The van der Waals surface area contributed by atoms with Gasteiger partial charge in [0.05, 0.1) is 5.25 Å². The predicted octanol–water partition coefficient (Wildman–Crippen LogP) is 1.03. The minimum atomic E-state index is -3.54. The molecule has 0 amide bonds. The highest BCUT2D eigenvalue weighted by atomic mass is 32.2. The Balaban J connectivity index is 4.62. The molecule has 0 saturated heterocycles. The first-order valence-electron chi connectivity index (χ1n) is 2.31. The van der Waals surface area contributed by atoms with E-state index in [4.69, 9.17) is 5.53 Å². The SMILES string of the molecule is CC(C)S(=O)(=O)N=[N+]=[N-]. The number of sulfonamides is 1. The van der Waals surface area contributed by atoms with Crippen LogP contribution in [-0.2, 0) is 10.0 Å². The zero-order valence-corrected chi connectivity index (χ0v) is 5.96. The average Bonchev–Trinajstić information content (AvgIpc) is 1.65. The molecule has 0 saturated carbocycles. The van der Waals surface area contributed by atoms with E-state index in [2.05, 4.69) is 9.43 Å². The minimum Gasteiger partial charge on any atom is -0.221 e. The molecule has 9 heavy (non-hydrogen) atoms. The topological polar surface area (TPSA) is 82.9 Å². The predicted molar refractivity (Wildman–Crippen MR) is 33.2 cm³/mol. The molecule has 0 rings (SSSR count). The molecule has 0 aromatic heterocycles. The second-order valence-corrected chi connectivity index (χ2v) is 3.87. The van der Waals surface area contributed by atoms with Crippen LogP contribution >= 0.6 is 0 Å². The minimum absolute atomic E-state index is 0.631. The van der Waals surface area contributed by atoms with Crippen molar-refractivity contribution in [3.05, 3.63) is 10.4 Å². The van der Waals surface area contributed by atoms with Gasteiger partial charge < -0.3 is 0 Å². The fourth-order valence-electron chi connectivity index (χ4n) is 0.145. The maximum absolute atomic E-state index is 10.5. The van der Waals surface area contributed by atoms with Crippen LogP contribution in [0.1, 0.15) is 13.8 Å².